The number of carbonyl (C=O) groups is 2. The van der Waals surface area contributed by atoms with Gasteiger partial charge in [-0.1, -0.05) is 66.7 Å². The summed E-state index contributed by atoms with van der Waals surface area (Å²) in [4.78, 5) is 36.3. The van der Waals surface area contributed by atoms with Gasteiger partial charge >= 0.3 is 5.97 Å². The minimum absolute atomic E-state index is 0.234. The molecule has 1 aromatic heterocycles. The van der Waals surface area contributed by atoms with Crippen molar-refractivity contribution in [2.45, 2.75) is 17.8 Å². The number of anilines is 1. The van der Waals surface area contributed by atoms with Gasteiger partial charge in [-0.3, -0.25) is 9.59 Å². The molecule has 0 bridgehead atoms. The van der Waals surface area contributed by atoms with E-state index >= 15 is 0 Å². The summed E-state index contributed by atoms with van der Waals surface area (Å²) in [5.74, 6) is -0.589. The normalized spacial score (nSPS) is 21.7. The molecular weight excluding hydrogens is 430 g/mol. The summed E-state index contributed by atoms with van der Waals surface area (Å²) in [6, 6.07) is 23.5. The Hall–Kier alpha value is -4.01. The summed E-state index contributed by atoms with van der Waals surface area (Å²) in [5.41, 5.74) is 2.51. The Balaban J connectivity index is 1.46. The molecule has 2 fully saturated rings. The van der Waals surface area contributed by atoms with Gasteiger partial charge in [0.2, 0.25) is 11.6 Å². The Kier molecular flexibility index (Phi) is 4.90. The first-order chi connectivity index (χ1) is 16.7. The second-order valence-electron chi connectivity index (χ2n) is 8.49. The van der Waals surface area contributed by atoms with Crippen LogP contribution in [0.4, 0.5) is 5.69 Å². The van der Waals surface area contributed by atoms with E-state index in [1.807, 2.05) is 83.8 Å². The fourth-order valence-corrected chi connectivity index (χ4v) is 5.08. The van der Waals surface area contributed by atoms with Crippen LogP contribution in [0, 0.1) is 0 Å². The lowest BCUT2D eigenvalue weighted by Crippen LogP contribution is -2.65. The number of carbonyl (C=O) groups excluding carboxylic acids is 2. The molecule has 8 heteroatoms. The lowest BCUT2D eigenvalue weighted by atomic mass is 9.90. The minimum Gasteiger partial charge on any atom is -0.434 e. The molecule has 3 heterocycles. The van der Waals surface area contributed by atoms with Gasteiger partial charge in [0.1, 0.15) is 17.6 Å². The SMILES string of the molecule is O=C(Nc1cccc2[nH]cnc12)C1CNCC2C(=O)OC(c3ccccc3)(c3ccccc3)N12. The molecule has 6 rings (SSSR count). The maximum Gasteiger partial charge on any atom is 0.327 e. The Morgan fingerprint density at radius 3 is 2.38 bits per heavy atom. The van der Waals surface area contributed by atoms with Crippen LogP contribution in [0.3, 0.4) is 0 Å². The zero-order valence-electron chi connectivity index (χ0n) is 18.3. The summed E-state index contributed by atoms with van der Waals surface area (Å²) >= 11 is 0. The summed E-state index contributed by atoms with van der Waals surface area (Å²) in [7, 11) is 0. The molecule has 2 aliphatic rings. The van der Waals surface area contributed by atoms with Crippen molar-refractivity contribution < 1.29 is 14.3 Å². The Morgan fingerprint density at radius 1 is 0.971 bits per heavy atom. The number of fused-ring (bicyclic) bond motifs is 2. The van der Waals surface area contributed by atoms with Crippen molar-refractivity contribution in [1.29, 1.82) is 0 Å². The number of H-pyrrole nitrogens is 1. The van der Waals surface area contributed by atoms with Crippen LogP contribution in [0.1, 0.15) is 11.1 Å². The number of para-hydroxylation sites is 1. The monoisotopic (exact) mass is 453 g/mol. The number of ether oxygens (including phenoxy) is 1. The van der Waals surface area contributed by atoms with Gasteiger partial charge in [-0.2, -0.15) is 0 Å². The second-order valence-corrected chi connectivity index (χ2v) is 8.49. The van der Waals surface area contributed by atoms with Crippen LogP contribution in [0.5, 0.6) is 0 Å². The van der Waals surface area contributed by atoms with E-state index in [2.05, 4.69) is 20.6 Å². The fourth-order valence-electron chi connectivity index (χ4n) is 5.08. The third-order valence-electron chi connectivity index (χ3n) is 6.57. The molecule has 0 aliphatic carbocycles. The number of cyclic esters (lactones) is 1. The predicted molar refractivity (Wildman–Crippen MR) is 127 cm³/mol. The van der Waals surface area contributed by atoms with E-state index in [-0.39, 0.29) is 11.9 Å². The standard InChI is InChI=1S/C26H23N5O3/c32-24(30-20-13-7-12-19-23(20)29-16-28-19)21-14-27-15-22-25(33)34-26(31(21)22,17-8-3-1-4-9-17)18-10-5-2-6-11-18/h1-13,16,21-22,27H,14-15H2,(H,28,29)(H,30,32). The topological polar surface area (TPSA) is 99.3 Å². The highest BCUT2D eigenvalue weighted by molar-refractivity contribution is 6.02. The van der Waals surface area contributed by atoms with Gasteiger partial charge in [0.25, 0.3) is 0 Å². The molecule has 3 N–H and O–H groups in total. The first-order valence-electron chi connectivity index (χ1n) is 11.2. The number of imidazole rings is 1. The molecule has 0 spiro atoms. The quantitative estimate of drug-likeness (QED) is 0.411. The summed E-state index contributed by atoms with van der Waals surface area (Å²) in [6.07, 6.45) is 1.60. The molecule has 170 valence electrons. The molecule has 34 heavy (non-hydrogen) atoms. The lowest BCUT2D eigenvalue weighted by Gasteiger charge is -2.44. The second kappa shape index (κ2) is 8.09. The van der Waals surface area contributed by atoms with Crippen LogP contribution in [0.25, 0.3) is 11.0 Å². The molecule has 2 aliphatic heterocycles. The van der Waals surface area contributed by atoms with Crippen molar-refractivity contribution in [2.24, 2.45) is 0 Å². The zero-order valence-corrected chi connectivity index (χ0v) is 18.3. The van der Waals surface area contributed by atoms with E-state index in [9.17, 15) is 9.59 Å². The maximum absolute atomic E-state index is 13.7. The average Bonchev–Trinajstić information content (AvgIpc) is 3.49. The molecule has 2 saturated heterocycles. The third-order valence-corrected chi connectivity index (χ3v) is 6.57. The number of hydrogen-bond acceptors (Lipinski definition) is 6. The van der Waals surface area contributed by atoms with Crippen molar-refractivity contribution in [3.63, 3.8) is 0 Å². The molecule has 0 radical (unpaired) electrons. The summed E-state index contributed by atoms with van der Waals surface area (Å²) < 4.78 is 6.21. The third kappa shape index (κ3) is 3.11. The van der Waals surface area contributed by atoms with E-state index < -0.39 is 17.8 Å². The summed E-state index contributed by atoms with van der Waals surface area (Å²) in [6.45, 7) is 0.774. The Labute approximate surface area is 195 Å². The zero-order chi connectivity index (χ0) is 23.1. The van der Waals surface area contributed by atoms with Gasteiger partial charge in [0.05, 0.1) is 17.5 Å². The van der Waals surface area contributed by atoms with Crippen LogP contribution in [-0.4, -0.2) is 51.9 Å². The van der Waals surface area contributed by atoms with Gasteiger partial charge < -0.3 is 20.4 Å². The van der Waals surface area contributed by atoms with E-state index in [0.29, 0.717) is 24.3 Å². The van der Waals surface area contributed by atoms with Crippen LogP contribution < -0.4 is 10.6 Å². The van der Waals surface area contributed by atoms with E-state index in [4.69, 9.17) is 4.74 Å². The number of piperazine rings is 1. The van der Waals surface area contributed by atoms with Gasteiger partial charge in [-0.15, -0.1) is 0 Å². The van der Waals surface area contributed by atoms with Gasteiger partial charge in [-0.05, 0) is 12.1 Å². The Morgan fingerprint density at radius 2 is 1.68 bits per heavy atom. The number of benzene rings is 3. The summed E-state index contributed by atoms with van der Waals surface area (Å²) in [5, 5.41) is 6.29. The molecular formula is C26H23N5O3. The number of aromatic nitrogens is 2. The number of esters is 1. The first kappa shape index (κ1) is 20.6. The van der Waals surface area contributed by atoms with Gasteiger partial charge in [0.15, 0.2) is 0 Å². The molecule has 4 aromatic rings. The number of amides is 1. The van der Waals surface area contributed by atoms with Crippen molar-refractivity contribution in [1.82, 2.24) is 20.2 Å². The van der Waals surface area contributed by atoms with Crippen molar-refractivity contribution in [3.05, 3.63) is 96.3 Å². The predicted octanol–water partition coefficient (Wildman–Crippen LogP) is 2.60. The van der Waals surface area contributed by atoms with Crippen LogP contribution in [-0.2, 0) is 20.1 Å². The first-order valence-corrected chi connectivity index (χ1v) is 11.2. The molecule has 3 aromatic carbocycles. The minimum atomic E-state index is -1.22. The Bertz CT molecular complexity index is 1320. The molecule has 2 atom stereocenters. The van der Waals surface area contributed by atoms with Gasteiger partial charge in [0, 0.05) is 24.2 Å². The average molecular weight is 454 g/mol. The van der Waals surface area contributed by atoms with Crippen LogP contribution >= 0.6 is 0 Å². The van der Waals surface area contributed by atoms with E-state index in [0.717, 1.165) is 16.6 Å². The molecule has 1 amide bonds. The number of aromatic amines is 1. The number of nitrogens with one attached hydrogen (secondary N) is 3. The number of rotatable bonds is 4. The van der Waals surface area contributed by atoms with Crippen molar-refractivity contribution in [2.75, 3.05) is 18.4 Å². The molecule has 8 nitrogen and oxygen atoms in total. The molecule has 2 unspecified atom stereocenters. The fraction of sp³-hybridized carbons (Fsp3) is 0.192. The maximum atomic E-state index is 13.7. The molecule has 0 saturated carbocycles. The van der Waals surface area contributed by atoms with Gasteiger partial charge in [-0.25, -0.2) is 9.88 Å². The number of nitrogens with zero attached hydrogens (tertiary/aromatic N) is 2. The largest absolute Gasteiger partial charge is 0.434 e. The van der Waals surface area contributed by atoms with Crippen LogP contribution in [0.15, 0.2) is 85.2 Å². The van der Waals surface area contributed by atoms with E-state index in [1.165, 1.54) is 0 Å². The highest BCUT2D eigenvalue weighted by Gasteiger charge is 2.60. The highest BCUT2D eigenvalue weighted by atomic mass is 16.6. The van der Waals surface area contributed by atoms with E-state index in [1.54, 1.807) is 6.33 Å². The lowest BCUT2D eigenvalue weighted by molar-refractivity contribution is -0.152. The van der Waals surface area contributed by atoms with Crippen molar-refractivity contribution in [3.8, 4) is 0 Å². The highest BCUT2D eigenvalue weighted by Crippen LogP contribution is 2.45. The number of hydrogen-bond donors (Lipinski definition) is 3. The van der Waals surface area contributed by atoms with Crippen LogP contribution in [0.2, 0.25) is 0 Å². The smallest absolute Gasteiger partial charge is 0.327 e. The van der Waals surface area contributed by atoms with Crippen molar-refractivity contribution >= 4 is 28.6 Å².